The molecule has 2 aromatic carbocycles. The summed E-state index contributed by atoms with van der Waals surface area (Å²) in [6.07, 6.45) is 6.18. The Hall–Kier alpha value is -4.99. The molecular formula is C32H35N7O2. The Morgan fingerprint density at radius 2 is 1.80 bits per heavy atom. The lowest BCUT2D eigenvalue weighted by molar-refractivity contribution is -0.135. The number of unbranched alkanes of at least 4 members (excludes halogenated alkanes) is 1. The van der Waals surface area contributed by atoms with E-state index in [0.29, 0.717) is 48.7 Å². The maximum Gasteiger partial charge on any atom is 0.246 e. The Bertz CT molecular complexity index is 1450. The van der Waals surface area contributed by atoms with Crippen LogP contribution in [-0.4, -0.2) is 71.9 Å². The van der Waals surface area contributed by atoms with Crippen molar-refractivity contribution in [2.24, 2.45) is 0 Å². The van der Waals surface area contributed by atoms with E-state index in [0.717, 1.165) is 11.3 Å². The smallest absolute Gasteiger partial charge is 0.246 e. The van der Waals surface area contributed by atoms with Gasteiger partial charge in [0.2, 0.25) is 17.8 Å². The fourth-order valence-electron chi connectivity index (χ4n) is 3.65. The molecule has 0 aliphatic rings. The number of nitriles is 1. The van der Waals surface area contributed by atoms with Crippen LogP contribution in [-0.2, 0) is 9.59 Å². The second-order valence-electron chi connectivity index (χ2n) is 9.62. The molecule has 0 unspecified atom stereocenters. The molecule has 1 atom stereocenters. The molecule has 0 aliphatic heterocycles. The molecule has 3 aromatic rings. The van der Waals surface area contributed by atoms with Gasteiger partial charge in [0, 0.05) is 50.1 Å². The number of hydrogen-bond donors (Lipinski definition) is 2. The first-order valence-electron chi connectivity index (χ1n) is 13.3. The summed E-state index contributed by atoms with van der Waals surface area (Å²) in [7, 11) is 5.46. The number of rotatable bonds is 11. The highest BCUT2D eigenvalue weighted by molar-refractivity contribution is 5.92. The quantitative estimate of drug-likeness (QED) is 0.211. The molecule has 9 nitrogen and oxygen atoms in total. The van der Waals surface area contributed by atoms with Crippen LogP contribution in [0.1, 0.15) is 30.9 Å². The van der Waals surface area contributed by atoms with Gasteiger partial charge in [-0.2, -0.15) is 5.26 Å². The lowest BCUT2D eigenvalue weighted by atomic mass is 10.1. The Kier molecular flexibility index (Phi) is 11.6. The second kappa shape index (κ2) is 15.6. The molecular weight excluding hydrogens is 514 g/mol. The first-order valence-corrected chi connectivity index (χ1v) is 13.3. The van der Waals surface area contributed by atoms with Crippen LogP contribution in [0.5, 0.6) is 0 Å². The number of benzene rings is 2. The Balaban J connectivity index is 1.58. The number of aromatic nitrogens is 2. The highest BCUT2D eigenvalue weighted by Gasteiger charge is 2.20. The Morgan fingerprint density at radius 1 is 1.07 bits per heavy atom. The highest BCUT2D eigenvalue weighted by Crippen LogP contribution is 2.23. The number of hydrogen-bond acceptors (Lipinski definition) is 7. The molecule has 1 aromatic heterocycles. The Morgan fingerprint density at radius 3 is 2.49 bits per heavy atom. The van der Waals surface area contributed by atoms with Gasteiger partial charge in [0.25, 0.3) is 0 Å². The number of carbonyl (C=O) groups is 2. The van der Waals surface area contributed by atoms with Gasteiger partial charge in [0.15, 0.2) is 0 Å². The van der Waals surface area contributed by atoms with Gasteiger partial charge >= 0.3 is 0 Å². The van der Waals surface area contributed by atoms with E-state index in [1.165, 1.54) is 11.0 Å². The van der Waals surface area contributed by atoms with Gasteiger partial charge in [-0.3, -0.25) is 9.59 Å². The van der Waals surface area contributed by atoms with Crippen molar-refractivity contribution in [2.75, 3.05) is 39.5 Å². The number of anilines is 2. The van der Waals surface area contributed by atoms with Crippen molar-refractivity contribution in [3.8, 4) is 29.2 Å². The first-order chi connectivity index (χ1) is 19.8. The lowest BCUT2D eigenvalue weighted by Crippen LogP contribution is -2.45. The van der Waals surface area contributed by atoms with Crippen LogP contribution in [0.25, 0.3) is 11.3 Å². The van der Waals surface area contributed by atoms with Crippen molar-refractivity contribution < 1.29 is 9.59 Å². The molecule has 2 amide bonds. The largest absolute Gasteiger partial charge is 0.354 e. The van der Waals surface area contributed by atoms with Gasteiger partial charge in [-0.15, -0.1) is 0 Å². The minimum absolute atomic E-state index is 0.208. The summed E-state index contributed by atoms with van der Waals surface area (Å²) >= 11 is 0. The molecule has 0 saturated carbocycles. The SMILES string of the molecule is C[C@@H](C(=O)NCCCC#Cc1cnc(Nc2ccc(C#N)cc2)nc1-c1ccccc1)N(C)C(=O)/C=C/CN(C)C. The normalized spacial score (nSPS) is 11.3. The van der Waals surface area contributed by atoms with Crippen LogP contribution in [0.15, 0.2) is 72.9 Å². The minimum atomic E-state index is -0.584. The predicted octanol–water partition coefficient (Wildman–Crippen LogP) is 3.97. The average molecular weight is 550 g/mol. The van der Waals surface area contributed by atoms with E-state index in [1.54, 1.807) is 50.5 Å². The summed E-state index contributed by atoms with van der Waals surface area (Å²) in [6, 6.07) is 18.3. The third-order valence-corrected chi connectivity index (χ3v) is 6.15. The molecule has 2 N–H and O–H groups in total. The summed E-state index contributed by atoms with van der Waals surface area (Å²) in [5.41, 5.74) is 3.67. The summed E-state index contributed by atoms with van der Waals surface area (Å²) in [5.74, 6) is 6.34. The maximum atomic E-state index is 12.5. The van der Waals surface area contributed by atoms with Crippen LogP contribution in [0, 0.1) is 23.2 Å². The Labute approximate surface area is 241 Å². The summed E-state index contributed by atoms with van der Waals surface area (Å²) in [5, 5.41) is 15.1. The topological polar surface area (TPSA) is 114 Å². The molecule has 0 bridgehead atoms. The molecule has 0 aliphatic carbocycles. The molecule has 1 heterocycles. The fourth-order valence-corrected chi connectivity index (χ4v) is 3.65. The van der Waals surface area contributed by atoms with E-state index >= 15 is 0 Å². The van der Waals surface area contributed by atoms with Crippen molar-refractivity contribution in [1.29, 1.82) is 5.26 Å². The van der Waals surface area contributed by atoms with Crippen molar-refractivity contribution in [3.05, 3.63) is 84.1 Å². The average Bonchev–Trinajstić information content (AvgIpc) is 2.99. The van der Waals surface area contributed by atoms with Crippen molar-refractivity contribution in [2.45, 2.75) is 25.8 Å². The molecule has 0 fully saturated rings. The monoisotopic (exact) mass is 549 g/mol. The van der Waals surface area contributed by atoms with Gasteiger partial charge in [0.05, 0.1) is 22.9 Å². The van der Waals surface area contributed by atoms with E-state index < -0.39 is 6.04 Å². The molecule has 41 heavy (non-hydrogen) atoms. The third kappa shape index (κ3) is 9.61. The van der Waals surface area contributed by atoms with Crippen LogP contribution in [0.3, 0.4) is 0 Å². The second-order valence-corrected chi connectivity index (χ2v) is 9.62. The van der Waals surface area contributed by atoms with E-state index in [2.05, 4.69) is 33.5 Å². The third-order valence-electron chi connectivity index (χ3n) is 6.15. The van der Waals surface area contributed by atoms with Crippen LogP contribution in [0.4, 0.5) is 11.6 Å². The molecule has 3 rings (SSSR count). The van der Waals surface area contributed by atoms with E-state index in [9.17, 15) is 9.59 Å². The summed E-state index contributed by atoms with van der Waals surface area (Å²) in [4.78, 5) is 37.3. The first kappa shape index (κ1) is 30.6. The van der Waals surface area contributed by atoms with Crippen molar-refractivity contribution in [3.63, 3.8) is 0 Å². The predicted molar refractivity (Wildman–Crippen MR) is 161 cm³/mol. The summed E-state index contributed by atoms with van der Waals surface area (Å²) < 4.78 is 0. The zero-order chi connectivity index (χ0) is 29.6. The maximum absolute atomic E-state index is 12.5. The number of carbonyl (C=O) groups excluding carboxylic acids is 2. The zero-order valence-corrected chi connectivity index (χ0v) is 23.9. The van der Waals surface area contributed by atoms with Crippen molar-refractivity contribution >= 4 is 23.5 Å². The minimum Gasteiger partial charge on any atom is -0.354 e. The van der Waals surface area contributed by atoms with Crippen LogP contribution in [0.2, 0.25) is 0 Å². The van der Waals surface area contributed by atoms with Gasteiger partial charge < -0.3 is 20.4 Å². The fraction of sp³-hybridized carbons (Fsp3) is 0.281. The van der Waals surface area contributed by atoms with E-state index in [1.807, 2.05) is 49.3 Å². The molecule has 0 spiro atoms. The van der Waals surface area contributed by atoms with E-state index in [-0.39, 0.29) is 11.8 Å². The molecule has 210 valence electrons. The molecule has 0 radical (unpaired) electrons. The number of likely N-dealkylation sites (N-methyl/N-ethyl adjacent to an activating group) is 2. The van der Waals surface area contributed by atoms with Crippen molar-refractivity contribution in [1.82, 2.24) is 25.1 Å². The van der Waals surface area contributed by atoms with Gasteiger partial charge in [-0.1, -0.05) is 48.2 Å². The number of nitrogens with one attached hydrogen (secondary N) is 2. The molecule has 0 saturated heterocycles. The summed E-state index contributed by atoms with van der Waals surface area (Å²) in [6.45, 7) is 2.81. The van der Waals surface area contributed by atoms with Crippen LogP contribution < -0.4 is 10.6 Å². The highest BCUT2D eigenvalue weighted by atomic mass is 16.2. The number of amides is 2. The van der Waals surface area contributed by atoms with Gasteiger partial charge in [-0.05, 0) is 51.7 Å². The zero-order valence-electron chi connectivity index (χ0n) is 23.9. The van der Waals surface area contributed by atoms with Gasteiger partial charge in [-0.25, -0.2) is 9.97 Å². The van der Waals surface area contributed by atoms with Crippen LogP contribution >= 0.6 is 0 Å². The van der Waals surface area contributed by atoms with Gasteiger partial charge in [0.1, 0.15) is 6.04 Å². The van der Waals surface area contributed by atoms with E-state index in [4.69, 9.17) is 10.2 Å². The standard InChI is InChI=1S/C32H35N7O2/c1-24(39(4)29(40)15-11-21-38(2)3)31(41)34-20-10-6-9-14-27-23-35-32(36-28-18-16-25(22-33)17-19-28)37-30(27)26-12-7-5-8-13-26/h5,7-8,11-13,15-19,23-24H,6,10,20-21H2,1-4H3,(H,34,41)(H,35,36,37)/b15-11+/t24-/m0/s1. The number of nitrogens with zero attached hydrogens (tertiary/aromatic N) is 5. The molecule has 9 heteroatoms. The lowest BCUT2D eigenvalue weighted by Gasteiger charge is -2.23.